The number of hydrogen-bond donors (Lipinski definition) is 2. The van der Waals surface area contributed by atoms with E-state index in [0.717, 1.165) is 6.42 Å². The van der Waals surface area contributed by atoms with E-state index in [1.54, 1.807) is 12.1 Å². The zero-order valence-electron chi connectivity index (χ0n) is 10.3. The minimum Gasteiger partial charge on any atom is -0.379 e. The average Bonchev–Trinajstić information content (AvgIpc) is 2.77. The standard InChI is InChI=1S/C13H17FN2O2/c1-13(6-7-18-9-13)15-8-12(17)16-11-5-3-2-4-10(11)14/h2-5,15H,6-9H2,1H3,(H,16,17). The molecule has 0 aliphatic carbocycles. The monoisotopic (exact) mass is 252 g/mol. The van der Waals surface area contributed by atoms with Gasteiger partial charge in [-0.15, -0.1) is 0 Å². The molecule has 1 aromatic carbocycles. The molecule has 1 fully saturated rings. The summed E-state index contributed by atoms with van der Waals surface area (Å²) in [6, 6.07) is 6.11. The fourth-order valence-electron chi connectivity index (χ4n) is 1.86. The summed E-state index contributed by atoms with van der Waals surface area (Å²) in [7, 11) is 0. The second-order valence-electron chi connectivity index (χ2n) is 4.74. The summed E-state index contributed by atoms with van der Waals surface area (Å²) in [5, 5.41) is 5.67. The van der Waals surface area contributed by atoms with Crippen molar-refractivity contribution in [3.05, 3.63) is 30.1 Å². The van der Waals surface area contributed by atoms with E-state index in [-0.39, 0.29) is 23.7 Å². The van der Waals surface area contributed by atoms with Crippen molar-refractivity contribution < 1.29 is 13.9 Å². The molecular formula is C13H17FN2O2. The fourth-order valence-corrected chi connectivity index (χ4v) is 1.86. The van der Waals surface area contributed by atoms with E-state index in [0.29, 0.717) is 13.2 Å². The van der Waals surface area contributed by atoms with Crippen molar-refractivity contribution in [3.8, 4) is 0 Å². The third-order valence-electron chi connectivity index (χ3n) is 3.04. The molecule has 2 N–H and O–H groups in total. The van der Waals surface area contributed by atoms with Crippen molar-refractivity contribution in [3.63, 3.8) is 0 Å². The van der Waals surface area contributed by atoms with Crippen LogP contribution in [0.3, 0.4) is 0 Å². The Balaban J connectivity index is 1.84. The Morgan fingerprint density at radius 1 is 1.50 bits per heavy atom. The van der Waals surface area contributed by atoms with Crippen molar-refractivity contribution in [2.45, 2.75) is 18.9 Å². The summed E-state index contributed by atoms with van der Waals surface area (Å²) in [5.41, 5.74) is 0.0455. The van der Waals surface area contributed by atoms with Crippen molar-refractivity contribution in [2.24, 2.45) is 0 Å². The molecule has 1 unspecified atom stereocenters. The molecule has 1 atom stereocenters. The fraction of sp³-hybridized carbons (Fsp3) is 0.462. The molecule has 1 aliphatic heterocycles. The van der Waals surface area contributed by atoms with E-state index in [1.165, 1.54) is 12.1 Å². The van der Waals surface area contributed by atoms with E-state index < -0.39 is 5.82 Å². The van der Waals surface area contributed by atoms with Crippen LogP contribution in [0.2, 0.25) is 0 Å². The Morgan fingerprint density at radius 3 is 2.94 bits per heavy atom. The number of ether oxygens (including phenoxy) is 1. The van der Waals surface area contributed by atoms with Crippen LogP contribution in [0, 0.1) is 5.82 Å². The third-order valence-corrected chi connectivity index (χ3v) is 3.04. The molecular weight excluding hydrogens is 235 g/mol. The van der Waals surface area contributed by atoms with Crippen LogP contribution in [-0.4, -0.2) is 31.2 Å². The minimum atomic E-state index is -0.429. The van der Waals surface area contributed by atoms with Gasteiger partial charge in [-0.1, -0.05) is 12.1 Å². The zero-order chi connectivity index (χ0) is 13.0. The van der Waals surface area contributed by atoms with Gasteiger partial charge in [-0.2, -0.15) is 0 Å². The molecule has 0 bridgehead atoms. The molecule has 0 saturated carbocycles. The van der Waals surface area contributed by atoms with Crippen molar-refractivity contribution in [2.75, 3.05) is 25.1 Å². The maximum atomic E-state index is 13.3. The van der Waals surface area contributed by atoms with Crippen LogP contribution in [0.5, 0.6) is 0 Å². The maximum Gasteiger partial charge on any atom is 0.238 e. The highest BCUT2D eigenvalue weighted by Gasteiger charge is 2.29. The second kappa shape index (κ2) is 5.46. The topological polar surface area (TPSA) is 50.4 Å². The molecule has 1 saturated heterocycles. The molecule has 0 radical (unpaired) electrons. The summed E-state index contributed by atoms with van der Waals surface area (Å²) in [6.07, 6.45) is 0.875. The van der Waals surface area contributed by atoms with Gasteiger partial charge in [0.1, 0.15) is 5.82 Å². The van der Waals surface area contributed by atoms with E-state index in [9.17, 15) is 9.18 Å². The highest BCUT2D eigenvalue weighted by Crippen LogP contribution is 2.17. The summed E-state index contributed by atoms with van der Waals surface area (Å²) < 4.78 is 18.6. The predicted octanol–water partition coefficient (Wildman–Crippen LogP) is 1.53. The zero-order valence-corrected chi connectivity index (χ0v) is 10.3. The van der Waals surface area contributed by atoms with Gasteiger partial charge >= 0.3 is 0 Å². The van der Waals surface area contributed by atoms with Gasteiger partial charge in [0.25, 0.3) is 0 Å². The Hall–Kier alpha value is -1.46. The molecule has 18 heavy (non-hydrogen) atoms. The molecule has 2 rings (SSSR count). The van der Waals surface area contributed by atoms with E-state index in [4.69, 9.17) is 4.74 Å². The number of carbonyl (C=O) groups excluding carboxylic acids is 1. The lowest BCUT2D eigenvalue weighted by Crippen LogP contribution is -2.46. The van der Waals surface area contributed by atoms with Gasteiger partial charge in [0, 0.05) is 12.1 Å². The van der Waals surface area contributed by atoms with Crippen LogP contribution in [0.4, 0.5) is 10.1 Å². The quantitative estimate of drug-likeness (QED) is 0.854. The van der Waals surface area contributed by atoms with Crippen LogP contribution in [0.1, 0.15) is 13.3 Å². The molecule has 98 valence electrons. The van der Waals surface area contributed by atoms with Crippen molar-refractivity contribution >= 4 is 11.6 Å². The summed E-state index contributed by atoms with van der Waals surface area (Å²) >= 11 is 0. The van der Waals surface area contributed by atoms with Crippen molar-refractivity contribution in [1.82, 2.24) is 5.32 Å². The van der Waals surface area contributed by atoms with Gasteiger partial charge in [0.05, 0.1) is 18.8 Å². The van der Waals surface area contributed by atoms with Crippen LogP contribution < -0.4 is 10.6 Å². The predicted molar refractivity (Wildman–Crippen MR) is 66.9 cm³/mol. The summed E-state index contributed by atoms with van der Waals surface area (Å²) in [6.45, 7) is 3.46. The van der Waals surface area contributed by atoms with Gasteiger partial charge in [-0.3, -0.25) is 4.79 Å². The minimum absolute atomic E-state index is 0.147. The molecule has 1 aliphatic rings. The smallest absolute Gasteiger partial charge is 0.238 e. The number of nitrogens with one attached hydrogen (secondary N) is 2. The summed E-state index contributed by atoms with van der Waals surface area (Å²) in [4.78, 5) is 11.7. The lowest BCUT2D eigenvalue weighted by molar-refractivity contribution is -0.115. The average molecular weight is 252 g/mol. The summed E-state index contributed by atoms with van der Waals surface area (Å²) in [5.74, 6) is -0.686. The Kier molecular flexibility index (Phi) is 3.93. The molecule has 5 heteroatoms. The molecule has 1 heterocycles. The number of anilines is 1. The Labute approximate surface area is 106 Å². The van der Waals surface area contributed by atoms with Gasteiger partial charge < -0.3 is 15.4 Å². The number of amides is 1. The highest BCUT2D eigenvalue weighted by atomic mass is 19.1. The maximum absolute atomic E-state index is 13.3. The van der Waals surface area contributed by atoms with Gasteiger partial charge in [-0.25, -0.2) is 4.39 Å². The van der Waals surface area contributed by atoms with Gasteiger partial charge in [0.15, 0.2) is 0 Å². The van der Waals surface area contributed by atoms with E-state index >= 15 is 0 Å². The normalized spacial score (nSPS) is 23.0. The third kappa shape index (κ3) is 3.27. The number of benzene rings is 1. The Morgan fingerprint density at radius 2 is 2.28 bits per heavy atom. The molecule has 1 aromatic rings. The van der Waals surface area contributed by atoms with Crippen molar-refractivity contribution in [1.29, 1.82) is 0 Å². The van der Waals surface area contributed by atoms with E-state index in [1.807, 2.05) is 6.92 Å². The van der Waals surface area contributed by atoms with Gasteiger partial charge in [0.2, 0.25) is 5.91 Å². The SMILES string of the molecule is CC1(NCC(=O)Nc2ccccc2F)CCOC1. The molecule has 0 aromatic heterocycles. The lowest BCUT2D eigenvalue weighted by atomic mass is 10.0. The van der Waals surface area contributed by atoms with Gasteiger partial charge in [-0.05, 0) is 25.5 Å². The number of carbonyl (C=O) groups is 1. The number of rotatable bonds is 4. The second-order valence-corrected chi connectivity index (χ2v) is 4.74. The largest absolute Gasteiger partial charge is 0.379 e. The van der Waals surface area contributed by atoms with Crippen LogP contribution in [-0.2, 0) is 9.53 Å². The first-order chi connectivity index (χ1) is 8.59. The lowest BCUT2D eigenvalue weighted by Gasteiger charge is -2.23. The molecule has 1 amide bonds. The first-order valence-corrected chi connectivity index (χ1v) is 5.96. The molecule has 0 spiro atoms. The van der Waals surface area contributed by atoms with Crippen LogP contribution in [0.25, 0.3) is 0 Å². The Bertz CT molecular complexity index is 431. The number of para-hydroxylation sites is 1. The van der Waals surface area contributed by atoms with E-state index in [2.05, 4.69) is 10.6 Å². The number of halogens is 1. The molecule has 4 nitrogen and oxygen atoms in total. The number of hydrogen-bond acceptors (Lipinski definition) is 3. The highest BCUT2D eigenvalue weighted by molar-refractivity contribution is 5.92. The van der Waals surface area contributed by atoms with Crippen LogP contribution >= 0.6 is 0 Å². The van der Waals surface area contributed by atoms with Crippen LogP contribution in [0.15, 0.2) is 24.3 Å². The first-order valence-electron chi connectivity index (χ1n) is 5.96. The first kappa shape index (κ1) is 13.0.